The lowest BCUT2D eigenvalue weighted by Crippen LogP contribution is -2.30. The number of sulfonamides is 1. The highest BCUT2D eigenvalue weighted by molar-refractivity contribution is 7.89. The third-order valence-corrected chi connectivity index (χ3v) is 4.38. The lowest BCUT2D eigenvalue weighted by molar-refractivity contribution is -0.125. The maximum atomic E-state index is 11.8. The third-order valence-electron chi connectivity index (χ3n) is 2.55. The highest BCUT2D eigenvalue weighted by Gasteiger charge is 2.19. The van der Waals surface area contributed by atoms with Crippen molar-refractivity contribution in [1.29, 1.82) is 0 Å². The molecule has 0 saturated heterocycles. The second kappa shape index (κ2) is 6.02. The molecule has 1 aromatic carbocycles. The van der Waals surface area contributed by atoms with Crippen molar-refractivity contribution in [3.8, 4) is 0 Å². The summed E-state index contributed by atoms with van der Waals surface area (Å²) in [6, 6.07) is 5.21. The molecule has 0 fully saturated rings. The van der Waals surface area contributed by atoms with Crippen LogP contribution in [0, 0.1) is 0 Å². The Morgan fingerprint density at radius 3 is 2.10 bits per heavy atom. The number of rotatable bonds is 5. The van der Waals surface area contributed by atoms with E-state index in [1.165, 1.54) is 45.3 Å². The predicted molar refractivity (Wildman–Crippen MR) is 71.4 cm³/mol. The number of ether oxygens (including phenoxy) is 1. The molecule has 1 atom stereocenters. The number of amides is 1. The van der Waals surface area contributed by atoms with Crippen LogP contribution in [0.25, 0.3) is 0 Å². The Bertz CT molecular complexity index is 607. The van der Waals surface area contributed by atoms with E-state index in [1.807, 2.05) is 0 Å². The zero-order chi connectivity index (χ0) is 15.5. The third kappa shape index (κ3) is 3.55. The predicted octanol–water partition coefficient (Wildman–Crippen LogP) is -0.0325. The largest absolute Gasteiger partial charge is 0.449 e. The molecule has 1 aromatic rings. The van der Waals surface area contributed by atoms with E-state index in [1.54, 1.807) is 0 Å². The monoisotopic (exact) mass is 300 g/mol. The normalized spacial score (nSPS) is 13.0. The molecule has 20 heavy (non-hydrogen) atoms. The van der Waals surface area contributed by atoms with Crippen LogP contribution in [0.4, 0.5) is 0 Å². The fourth-order valence-corrected chi connectivity index (χ4v) is 2.16. The molecule has 0 aliphatic rings. The standard InChI is InChI=1S/C12H16N2O5S/c1-8(11(13)15)19-12(16)9-4-6-10(7-5-9)20(17,18)14(2)3/h4-8H,1-3H3,(H2,13,15)/t8-/m0/s1. The molecule has 110 valence electrons. The summed E-state index contributed by atoms with van der Waals surface area (Å²) in [5.74, 6) is -1.50. The van der Waals surface area contributed by atoms with Gasteiger partial charge in [-0.25, -0.2) is 17.5 Å². The summed E-state index contributed by atoms with van der Waals surface area (Å²) >= 11 is 0. The van der Waals surface area contributed by atoms with Crippen LogP contribution >= 0.6 is 0 Å². The van der Waals surface area contributed by atoms with E-state index in [4.69, 9.17) is 10.5 Å². The van der Waals surface area contributed by atoms with Crippen LogP contribution in [0.1, 0.15) is 17.3 Å². The minimum Gasteiger partial charge on any atom is -0.449 e. The number of nitrogens with two attached hydrogens (primary N) is 1. The molecule has 1 amide bonds. The van der Waals surface area contributed by atoms with E-state index >= 15 is 0 Å². The molecular weight excluding hydrogens is 284 g/mol. The van der Waals surface area contributed by atoms with Crippen LogP contribution in [0.5, 0.6) is 0 Å². The Hall–Kier alpha value is -1.93. The van der Waals surface area contributed by atoms with Gasteiger partial charge < -0.3 is 10.5 Å². The summed E-state index contributed by atoms with van der Waals surface area (Å²) in [4.78, 5) is 22.5. The highest BCUT2D eigenvalue weighted by Crippen LogP contribution is 2.14. The van der Waals surface area contributed by atoms with Gasteiger partial charge in [-0.15, -0.1) is 0 Å². The average Bonchev–Trinajstić information content (AvgIpc) is 2.38. The number of esters is 1. The van der Waals surface area contributed by atoms with Crippen LogP contribution < -0.4 is 5.73 Å². The average molecular weight is 300 g/mol. The van der Waals surface area contributed by atoms with Gasteiger partial charge in [0.25, 0.3) is 5.91 Å². The molecule has 1 rings (SSSR count). The summed E-state index contributed by atoms with van der Waals surface area (Å²) in [6.45, 7) is 1.35. The van der Waals surface area contributed by atoms with Crippen molar-refractivity contribution in [2.24, 2.45) is 5.73 Å². The van der Waals surface area contributed by atoms with Crippen molar-refractivity contribution in [1.82, 2.24) is 4.31 Å². The van der Waals surface area contributed by atoms with E-state index in [9.17, 15) is 18.0 Å². The minimum absolute atomic E-state index is 0.0574. The summed E-state index contributed by atoms with van der Waals surface area (Å²) < 4.78 is 29.5. The smallest absolute Gasteiger partial charge is 0.338 e. The zero-order valence-electron chi connectivity index (χ0n) is 11.4. The van der Waals surface area contributed by atoms with Gasteiger partial charge in [0.05, 0.1) is 10.5 Å². The fraction of sp³-hybridized carbons (Fsp3) is 0.333. The van der Waals surface area contributed by atoms with Crippen molar-refractivity contribution < 1.29 is 22.7 Å². The maximum absolute atomic E-state index is 11.8. The molecule has 8 heteroatoms. The minimum atomic E-state index is -3.55. The maximum Gasteiger partial charge on any atom is 0.338 e. The van der Waals surface area contributed by atoms with Crippen LogP contribution in [0.15, 0.2) is 29.2 Å². The summed E-state index contributed by atoms with van der Waals surface area (Å²) in [5, 5.41) is 0. The van der Waals surface area contributed by atoms with E-state index < -0.39 is 28.0 Å². The van der Waals surface area contributed by atoms with E-state index in [-0.39, 0.29) is 10.5 Å². The van der Waals surface area contributed by atoms with Gasteiger partial charge in [-0.05, 0) is 31.2 Å². The van der Waals surface area contributed by atoms with Gasteiger partial charge in [0.2, 0.25) is 10.0 Å². The van der Waals surface area contributed by atoms with Crippen molar-refractivity contribution in [2.75, 3.05) is 14.1 Å². The zero-order valence-corrected chi connectivity index (χ0v) is 12.2. The van der Waals surface area contributed by atoms with Gasteiger partial charge in [-0.2, -0.15) is 0 Å². The molecule has 0 aromatic heterocycles. The van der Waals surface area contributed by atoms with Gasteiger partial charge in [0.1, 0.15) is 0 Å². The number of primary amides is 1. The molecule has 0 aliphatic heterocycles. The van der Waals surface area contributed by atoms with Crippen molar-refractivity contribution in [2.45, 2.75) is 17.9 Å². The van der Waals surface area contributed by atoms with Crippen LogP contribution in [0.3, 0.4) is 0 Å². The molecule has 0 saturated carbocycles. The molecule has 0 aliphatic carbocycles. The lowest BCUT2D eigenvalue weighted by atomic mass is 10.2. The molecule has 0 bridgehead atoms. The molecule has 0 heterocycles. The summed E-state index contributed by atoms with van der Waals surface area (Å²) in [6.07, 6.45) is -1.05. The van der Waals surface area contributed by atoms with Crippen molar-refractivity contribution in [3.63, 3.8) is 0 Å². The van der Waals surface area contributed by atoms with Crippen molar-refractivity contribution in [3.05, 3.63) is 29.8 Å². The van der Waals surface area contributed by atoms with Crippen LogP contribution in [0.2, 0.25) is 0 Å². The summed E-state index contributed by atoms with van der Waals surface area (Å²) in [5.41, 5.74) is 5.11. The van der Waals surface area contributed by atoms with Crippen LogP contribution in [-0.2, 0) is 19.6 Å². The van der Waals surface area contributed by atoms with E-state index in [2.05, 4.69) is 0 Å². The number of hydrogen-bond donors (Lipinski definition) is 1. The Morgan fingerprint density at radius 2 is 1.70 bits per heavy atom. The van der Waals surface area contributed by atoms with Crippen molar-refractivity contribution >= 4 is 21.9 Å². The topological polar surface area (TPSA) is 107 Å². The summed E-state index contributed by atoms with van der Waals surface area (Å²) in [7, 11) is -0.731. The van der Waals surface area contributed by atoms with Gasteiger partial charge in [0, 0.05) is 14.1 Å². The number of hydrogen-bond acceptors (Lipinski definition) is 5. The molecule has 2 N–H and O–H groups in total. The second-order valence-electron chi connectivity index (χ2n) is 4.26. The molecule has 0 spiro atoms. The second-order valence-corrected chi connectivity index (χ2v) is 6.41. The quantitative estimate of drug-likeness (QED) is 0.768. The van der Waals surface area contributed by atoms with E-state index in [0.717, 1.165) is 4.31 Å². The molecular formula is C12H16N2O5S. The number of carbonyl (C=O) groups excluding carboxylic acids is 2. The first kappa shape index (κ1) is 16.1. The first-order valence-corrected chi connectivity index (χ1v) is 7.13. The number of benzene rings is 1. The molecule has 0 radical (unpaired) electrons. The van der Waals surface area contributed by atoms with Gasteiger partial charge >= 0.3 is 5.97 Å². The van der Waals surface area contributed by atoms with Gasteiger partial charge in [0.15, 0.2) is 6.10 Å². The highest BCUT2D eigenvalue weighted by atomic mass is 32.2. The fourth-order valence-electron chi connectivity index (χ4n) is 1.26. The molecule has 7 nitrogen and oxygen atoms in total. The number of nitrogens with zero attached hydrogens (tertiary/aromatic N) is 1. The Kier molecular flexibility index (Phi) is 4.85. The lowest BCUT2D eigenvalue weighted by Gasteiger charge is -2.12. The first-order chi connectivity index (χ1) is 9.16. The van der Waals surface area contributed by atoms with E-state index in [0.29, 0.717) is 0 Å². The van der Waals surface area contributed by atoms with Gasteiger partial charge in [-0.1, -0.05) is 0 Å². The van der Waals surface area contributed by atoms with Crippen LogP contribution in [-0.4, -0.2) is 44.8 Å². The Morgan fingerprint density at radius 1 is 1.20 bits per heavy atom. The van der Waals surface area contributed by atoms with Gasteiger partial charge in [-0.3, -0.25) is 4.79 Å². The Balaban J connectivity index is 2.92. The SMILES string of the molecule is C[C@H](OC(=O)c1ccc(S(=O)(=O)N(C)C)cc1)C(N)=O. The molecule has 0 unspecified atom stereocenters. The Labute approximate surface area is 117 Å². The number of carbonyl (C=O) groups is 2. The first-order valence-electron chi connectivity index (χ1n) is 5.69.